The molecule has 0 saturated carbocycles. The Hall–Kier alpha value is -2.22. The number of aromatic hydroxyl groups is 1. The van der Waals surface area contributed by atoms with Crippen molar-refractivity contribution in [3.8, 4) is 5.75 Å². The first-order valence-corrected chi connectivity index (χ1v) is 5.28. The highest BCUT2D eigenvalue weighted by atomic mass is 16.6. The maximum atomic E-state index is 10.7. The Morgan fingerprint density at radius 1 is 1.33 bits per heavy atom. The lowest BCUT2D eigenvalue weighted by Crippen LogP contribution is -2.12. The number of hydrogen-bond acceptors (Lipinski definition) is 6. The van der Waals surface area contributed by atoms with Gasteiger partial charge >= 0.3 is 5.69 Å². The second-order valence-electron chi connectivity index (χ2n) is 3.76. The smallest absolute Gasteiger partial charge is 0.317 e. The van der Waals surface area contributed by atoms with Gasteiger partial charge in [-0.2, -0.15) is 0 Å². The number of nitro benzene ring substituents is 2. The maximum absolute atomic E-state index is 10.7. The van der Waals surface area contributed by atoms with Crippen molar-refractivity contribution in [1.29, 1.82) is 0 Å². The van der Waals surface area contributed by atoms with E-state index in [2.05, 4.69) is 0 Å². The second-order valence-corrected chi connectivity index (χ2v) is 3.76. The molecule has 0 bridgehead atoms. The van der Waals surface area contributed by atoms with E-state index in [4.69, 9.17) is 5.73 Å². The zero-order valence-electron chi connectivity index (χ0n) is 9.70. The molecule has 1 aromatic carbocycles. The Balaban J connectivity index is 3.49. The highest BCUT2D eigenvalue weighted by Gasteiger charge is 2.26. The number of nitro groups is 2. The van der Waals surface area contributed by atoms with Crippen LogP contribution in [0.15, 0.2) is 12.1 Å². The molecule has 8 nitrogen and oxygen atoms in total. The summed E-state index contributed by atoms with van der Waals surface area (Å²) in [5.74, 6) is -0.911. The van der Waals surface area contributed by atoms with Crippen molar-refractivity contribution in [1.82, 2.24) is 0 Å². The van der Waals surface area contributed by atoms with Crippen molar-refractivity contribution in [2.45, 2.75) is 19.3 Å². The van der Waals surface area contributed by atoms with Crippen LogP contribution in [0.4, 0.5) is 11.4 Å². The van der Waals surface area contributed by atoms with Crippen LogP contribution in [0.25, 0.3) is 0 Å². The molecular formula is C10H13N3O5. The summed E-state index contributed by atoms with van der Waals surface area (Å²) in [6.45, 7) is 1.92. The highest BCUT2D eigenvalue weighted by Crippen LogP contribution is 2.38. The van der Waals surface area contributed by atoms with Gasteiger partial charge in [0.05, 0.1) is 15.9 Å². The molecule has 0 saturated heterocycles. The van der Waals surface area contributed by atoms with Crippen molar-refractivity contribution in [2.75, 3.05) is 6.54 Å². The molecule has 0 aliphatic heterocycles. The average molecular weight is 255 g/mol. The lowest BCUT2D eigenvalue weighted by molar-refractivity contribution is -0.394. The molecular weight excluding hydrogens is 242 g/mol. The first-order chi connectivity index (χ1) is 8.42. The normalized spacial score (nSPS) is 12.1. The monoisotopic (exact) mass is 255 g/mol. The van der Waals surface area contributed by atoms with Crippen LogP contribution < -0.4 is 5.73 Å². The van der Waals surface area contributed by atoms with Crippen LogP contribution in [0.1, 0.15) is 24.8 Å². The van der Waals surface area contributed by atoms with E-state index in [9.17, 15) is 25.3 Å². The summed E-state index contributed by atoms with van der Waals surface area (Å²) in [6, 6.07) is 1.87. The van der Waals surface area contributed by atoms with Crippen LogP contribution in [0.2, 0.25) is 0 Å². The summed E-state index contributed by atoms with van der Waals surface area (Å²) in [5.41, 5.74) is 4.52. The largest absolute Gasteiger partial charge is 0.502 e. The SMILES string of the molecule is CCC(CN)c1cc([N+](=O)[O-])cc([N+](=O)[O-])c1O. The molecule has 98 valence electrons. The van der Waals surface area contributed by atoms with Crippen LogP contribution in [-0.2, 0) is 0 Å². The maximum Gasteiger partial charge on any atom is 0.317 e. The van der Waals surface area contributed by atoms with E-state index in [1.807, 2.05) is 0 Å². The summed E-state index contributed by atoms with van der Waals surface area (Å²) in [7, 11) is 0. The van der Waals surface area contributed by atoms with Gasteiger partial charge in [-0.15, -0.1) is 0 Å². The van der Waals surface area contributed by atoms with E-state index in [0.717, 1.165) is 12.1 Å². The number of hydrogen-bond donors (Lipinski definition) is 2. The van der Waals surface area contributed by atoms with Gasteiger partial charge in [0.25, 0.3) is 5.69 Å². The molecule has 1 aromatic rings. The first-order valence-electron chi connectivity index (χ1n) is 5.28. The molecule has 1 atom stereocenters. The molecule has 8 heteroatoms. The van der Waals surface area contributed by atoms with E-state index >= 15 is 0 Å². The van der Waals surface area contributed by atoms with E-state index < -0.39 is 27.0 Å². The van der Waals surface area contributed by atoms with Gasteiger partial charge in [-0.25, -0.2) is 0 Å². The number of nitrogens with zero attached hydrogens (tertiary/aromatic N) is 2. The van der Waals surface area contributed by atoms with Crippen molar-refractivity contribution in [2.24, 2.45) is 5.73 Å². The van der Waals surface area contributed by atoms with Crippen LogP contribution in [0, 0.1) is 20.2 Å². The summed E-state index contributed by atoms with van der Waals surface area (Å²) < 4.78 is 0. The Morgan fingerprint density at radius 2 is 1.94 bits per heavy atom. The van der Waals surface area contributed by atoms with Gasteiger partial charge in [0.15, 0.2) is 5.75 Å². The molecule has 0 fully saturated rings. The summed E-state index contributed by atoms with van der Waals surface area (Å²) in [6.07, 6.45) is 0.516. The molecule has 0 heterocycles. The first kappa shape index (κ1) is 13.8. The van der Waals surface area contributed by atoms with Gasteiger partial charge in [0.2, 0.25) is 0 Å². The van der Waals surface area contributed by atoms with E-state index in [1.54, 1.807) is 6.92 Å². The molecule has 0 aliphatic rings. The third-order valence-corrected chi connectivity index (χ3v) is 2.73. The topological polar surface area (TPSA) is 133 Å². The zero-order valence-corrected chi connectivity index (χ0v) is 9.70. The van der Waals surface area contributed by atoms with Gasteiger partial charge in [-0.05, 0) is 13.0 Å². The lowest BCUT2D eigenvalue weighted by Gasteiger charge is -2.13. The van der Waals surface area contributed by atoms with Gasteiger partial charge in [-0.3, -0.25) is 20.2 Å². The zero-order chi connectivity index (χ0) is 13.9. The van der Waals surface area contributed by atoms with E-state index in [0.29, 0.717) is 6.42 Å². The summed E-state index contributed by atoms with van der Waals surface area (Å²) in [5, 5.41) is 31.2. The molecule has 0 amide bonds. The Morgan fingerprint density at radius 3 is 2.33 bits per heavy atom. The number of non-ortho nitro benzene ring substituents is 1. The predicted molar refractivity (Wildman–Crippen MR) is 63.5 cm³/mol. The summed E-state index contributed by atoms with van der Waals surface area (Å²) >= 11 is 0. The minimum absolute atomic E-state index is 0.140. The van der Waals surface area contributed by atoms with Crippen LogP contribution in [0.5, 0.6) is 5.75 Å². The molecule has 3 N–H and O–H groups in total. The molecule has 1 rings (SSSR count). The van der Waals surface area contributed by atoms with Crippen LogP contribution in [-0.4, -0.2) is 21.5 Å². The predicted octanol–water partition coefficient (Wildman–Crippen LogP) is 1.66. The second kappa shape index (κ2) is 5.41. The van der Waals surface area contributed by atoms with Gasteiger partial charge < -0.3 is 10.8 Å². The third-order valence-electron chi connectivity index (χ3n) is 2.73. The van der Waals surface area contributed by atoms with E-state index in [-0.39, 0.29) is 18.0 Å². The molecule has 18 heavy (non-hydrogen) atoms. The Bertz CT molecular complexity index is 485. The number of rotatable bonds is 5. The number of nitrogens with two attached hydrogens (primary N) is 1. The lowest BCUT2D eigenvalue weighted by atomic mass is 9.94. The van der Waals surface area contributed by atoms with Gasteiger partial charge in [-0.1, -0.05) is 6.92 Å². The van der Waals surface area contributed by atoms with Gasteiger partial charge in [0, 0.05) is 17.5 Å². The fourth-order valence-corrected chi connectivity index (χ4v) is 1.69. The van der Waals surface area contributed by atoms with Crippen molar-refractivity contribution < 1.29 is 15.0 Å². The fourth-order valence-electron chi connectivity index (χ4n) is 1.69. The number of benzene rings is 1. The van der Waals surface area contributed by atoms with Crippen molar-refractivity contribution in [3.05, 3.63) is 37.9 Å². The molecule has 0 radical (unpaired) electrons. The van der Waals surface area contributed by atoms with Crippen LogP contribution in [0.3, 0.4) is 0 Å². The van der Waals surface area contributed by atoms with Crippen molar-refractivity contribution in [3.63, 3.8) is 0 Å². The third kappa shape index (κ3) is 2.54. The average Bonchev–Trinajstić information content (AvgIpc) is 2.31. The van der Waals surface area contributed by atoms with Gasteiger partial charge in [0.1, 0.15) is 0 Å². The number of phenolic OH excluding ortho intramolecular Hbond substituents is 1. The Kier molecular flexibility index (Phi) is 4.16. The molecule has 0 aromatic heterocycles. The Labute approximate surface area is 102 Å². The quantitative estimate of drug-likeness (QED) is 0.607. The van der Waals surface area contributed by atoms with Crippen LogP contribution >= 0.6 is 0 Å². The standard InChI is InChI=1S/C10H13N3O5/c1-2-6(5-11)8-3-7(12(15)16)4-9(10(8)14)13(17)18/h3-4,6,14H,2,5,11H2,1H3. The minimum Gasteiger partial charge on any atom is -0.502 e. The minimum atomic E-state index is -0.852. The van der Waals surface area contributed by atoms with E-state index in [1.165, 1.54) is 0 Å². The molecule has 1 unspecified atom stereocenters. The van der Waals surface area contributed by atoms with Crippen molar-refractivity contribution >= 4 is 11.4 Å². The highest BCUT2D eigenvalue weighted by molar-refractivity contribution is 5.58. The molecule has 0 spiro atoms. The fraction of sp³-hybridized carbons (Fsp3) is 0.400. The number of phenols is 1. The summed E-state index contributed by atoms with van der Waals surface area (Å²) in [4.78, 5) is 19.9. The molecule has 0 aliphatic carbocycles.